The molecule has 3 aromatic rings. The van der Waals surface area contributed by atoms with Gasteiger partial charge >= 0.3 is 5.97 Å². The number of carbonyl (C=O) groups is 1. The summed E-state index contributed by atoms with van der Waals surface area (Å²) < 4.78 is 14.7. The van der Waals surface area contributed by atoms with E-state index in [1.165, 1.54) is 34.6 Å². The van der Waals surface area contributed by atoms with E-state index in [0.717, 1.165) is 41.8 Å². The van der Waals surface area contributed by atoms with Gasteiger partial charge in [-0.3, -0.25) is 9.78 Å². The van der Waals surface area contributed by atoms with Gasteiger partial charge in [0.05, 0.1) is 24.1 Å². The molecule has 1 aliphatic heterocycles. The van der Waals surface area contributed by atoms with Crippen LogP contribution in [-0.2, 0) is 27.2 Å². The van der Waals surface area contributed by atoms with Gasteiger partial charge < -0.3 is 18.9 Å². The van der Waals surface area contributed by atoms with Gasteiger partial charge in [-0.15, -0.1) is 0 Å². The Morgan fingerprint density at radius 3 is 2.61 bits per heavy atom. The van der Waals surface area contributed by atoms with Crippen molar-refractivity contribution in [2.75, 3.05) is 33.9 Å². The Balaban J connectivity index is 1.96. The topological polar surface area (TPSA) is 56.6 Å². The Kier molecular flexibility index (Phi) is 7.93. The van der Waals surface area contributed by atoms with Crippen LogP contribution in [0.25, 0.3) is 22.2 Å². The minimum Gasteiger partial charge on any atom is -0.465 e. The van der Waals surface area contributed by atoms with Crippen molar-refractivity contribution in [2.45, 2.75) is 59.6 Å². The number of aromatic nitrogens is 2. The van der Waals surface area contributed by atoms with Crippen LogP contribution < -0.4 is 0 Å². The minimum atomic E-state index is -0.249. The number of likely N-dealkylation sites (N-methyl/N-ethyl adjacent to an activating group) is 1. The molecule has 0 unspecified atom stereocenters. The number of fused-ring (bicyclic) bond motifs is 1. The van der Waals surface area contributed by atoms with Crippen molar-refractivity contribution in [1.82, 2.24) is 14.5 Å². The summed E-state index contributed by atoms with van der Waals surface area (Å²) in [6.45, 7) is 13.3. The lowest BCUT2D eigenvalue weighted by Gasteiger charge is -2.36. The molecule has 0 bridgehead atoms. The molecule has 7 heteroatoms. The van der Waals surface area contributed by atoms with Crippen LogP contribution in [0.1, 0.15) is 63.5 Å². The molecule has 1 atom stereocenters. The van der Waals surface area contributed by atoms with Crippen LogP contribution in [0.4, 0.5) is 0 Å². The molecule has 0 N–H and O–H groups in total. The van der Waals surface area contributed by atoms with Crippen molar-refractivity contribution < 1.29 is 14.3 Å². The van der Waals surface area contributed by atoms with Crippen molar-refractivity contribution in [3.05, 3.63) is 51.8 Å². The first-order valence-electron chi connectivity index (χ1n) is 12.7. The second kappa shape index (κ2) is 10.6. The molecule has 194 valence electrons. The van der Waals surface area contributed by atoms with Crippen LogP contribution >= 0.6 is 15.9 Å². The first-order chi connectivity index (χ1) is 17.0. The van der Waals surface area contributed by atoms with Crippen molar-refractivity contribution in [3.63, 3.8) is 0 Å². The maximum absolute atomic E-state index is 11.6. The van der Waals surface area contributed by atoms with Crippen LogP contribution in [0.2, 0.25) is 0 Å². The molecule has 6 nitrogen and oxygen atoms in total. The number of hydrogen-bond donors (Lipinski definition) is 0. The highest BCUT2D eigenvalue weighted by atomic mass is 79.9. The van der Waals surface area contributed by atoms with Gasteiger partial charge in [-0.1, -0.05) is 29.8 Å². The summed E-state index contributed by atoms with van der Waals surface area (Å²) in [6.07, 6.45) is 2.65. The van der Waals surface area contributed by atoms with E-state index in [2.05, 4.69) is 84.4 Å². The van der Waals surface area contributed by atoms with Gasteiger partial charge in [0.15, 0.2) is 0 Å². The standard InChI is InChI=1S/C29H38BrN3O3/c1-8-33-26-10-9-22(30)12-23(26)25(13-29(4,5)17-36-19(3)34)28(33)24-11-20(21-15-32(6)16-21)14-31-27(24)18(2)35-7/h9-12,14,18,21H,8,13,15-17H2,1-7H3/t18-/m0/s1. The molecule has 1 aliphatic rings. The van der Waals surface area contributed by atoms with Crippen LogP contribution in [-0.4, -0.2) is 54.3 Å². The Morgan fingerprint density at radius 2 is 2.00 bits per heavy atom. The molecular formula is C29H38BrN3O3. The third-order valence-electron chi connectivity index (χ3n) is 7.24. The van der Waals surface area contributed by atoms with Gasteiger partial charge in [0.2, 0.25) is 0 Å². The summed E-state index contributed by atoms with van der Waals surface area (Å²) in [7, 11) is 3.89. The molecule has 0 radical (unpaired) electrons. The number of hydrogen-bond acceptors (Lipinski definition) is 5. The fraction of sp³-hybridized carbons (Fsp3) is 0.517. The van der Waals surface area contributed by atoms with Crippen molar-refractivity contribution in [3.8, 4) is 11.3 Å². The number of methoxy groups -OCH3 is 1. The lowest BCUT2D eigenvalue weighted by molar-refractivity contribution is -0.143. The molecule has 3 heterocycles. The average Bonchev–Trinajstić information content (AvgIpc) is 3.11. The van der Waals surface area contributed by atoms with Crippen molar-refractivity contribution >= 4 is 32.8 Å². The molecule has 2 aromatic heterocycles. The molecule has 0 spiro atoms. The van der Waals surface area contributed by atoms with Crippen LogP contribution in [0.3, 0.4) is 0 Å². The fourth-order valence-corrected chi connectivity index (χ4v) is 5.65. The van der Waals surface area contributed by atoms with Gasteiger partial charge in [0, 0.05) is 72.1 Å². The summed E-state index contributed by atoms with van der Waals surface area (Å²) in [4.78, 5) is 18.9. The molecular weight excluding hydrogens is 518 g/mol. The van der Waals surface area contributed by atoms with Crippen molar-refractivity contribution in [2.24, 2.45) is 5.41 Å². The zero-order chi connectivity index (χ0) is 26.2. The fourth-order valence-electron chi connectivity index (χ4n) is 5.29. The van der Waals surface area contributed by atoms with E-state index in [1.54, 1.807) is 7.11 Å². The Morgan fingerprint density at radius 1 is 1.28 bits per heavy atom. The third-order valence-corrected chi connectivity index (χ3v) is 7.73. The number of nitrogens with zero attached hydrogens (tertiary/aromatic N) is 3. The maximum Gasteiger partial charge on any atom is 0.302 e. The van der Waals surface area contributed by atoms with Gasteiger partial charge in [0.25, 0.3) is 0 Å². The number of esters is 1. The second-order valence-corrected chi connectivity index (χ2v) is 11.8. The lowest BCUT2D eigenvalue weighted by atomic mass is 9.83. The van der Waals surface area contributed by atoms with E-state index in [9.17, 15) is 4.79 Å². The van der Waals surface area contributed by atoms with Crippen LogP contribution in [0.15, 0.2) is 34.9 Å². The number of aryl methyl sites for hydroxylation is 1. The number of benzene rings is 1. The zero-order valence-corrected chi connectivity index (χ0v) is 24.1. The van der Waals surface area contributed by atoms with E-state index in [-0.39, 0.29) is 17.5 Å². The first-order valence-corrected chi connectivity index (χ1v) is 13.5. The van der Waals surface area contributed by atoms with E-state index < -0.39 is 0 Å². The molecule has 36 heavy (non-hydrogen) atoms. The predicted octanol–water partition coefficient (Wildman–Crippen LogP) is 6.35. The normalized spacial score (nSPS) is 15.8. The van der Waals surface area contributed by atoms with E-state index in [1.807, 2.05) is 6.20 Å². The Labute approximate surface area is 223 Å². The summed E-state index contributed by atoms with van der Waals surface area (Å²) in [5.74, 6) is 0.242. The summed E-state index contributed by atoms with van der Waals surface area (Å²) in [5.41, 5.74) is 6.73. The molecule has 0 saturated carbocycles. The second-order valence-electron chi connectivity index (χ2n) is 10.9. The van der Waals surface area contributed by atoms with Crippen LogP contribution in [0, 0.1) is 5.41 Å². The number of pyridine rings is 1. The van der Waals surface area contributed by atoms with Crippen molar-refractivity contribution in [1.29, 1.82) is 0 Å². The largest absolute Gasteiger partial charge is 0.465 e. The Bertz CT molecular complexity index is 1260. The maximum atomic E-state index is 11.6. The average molecular weight is 557 g/mol. The number of rotatable bonds is 9. The highest BCUT2D eigenvalue weighted by Gasteiger charge is 2.31. The van der Waals surface area contributed by atoms with Crippen LogP contribution in [0.5, 0.6) is 0 Å². The summed E-state index contributed by atoms with van der Waals surface area (Å²) in [5, 5.41) is 1.21. The molecule has 0 aliphatic carbocycles. The highest BCUT2D eigenvalue weighted by molar-refractivity contribution is 9.10. The number of ether oxygens (including phenoxy) is 2. The summed E-state index contributed by atoms with van der Waals surface area (Å²) >= 11 is 3.69. The Hall–Kier alpha value is -2.22. The highest BCUT2D eigenvalue weighted by Crippen LogP contribution is 2.42. The van der Waals surface area contributed by atoms with Gasteiger partial charge in [0.1, 0.15) is 0 Å². The molecule has 1 aromatic carbocycles. The summed E-state index contributed by atoms with van der Waals surface area (Å²) in [6, 6.07) is 8.84. The molecule has 1 saturated heterocycles. The monoisotopic (exact) mass is 555 g/mol. The molecule has 1 fully saturated rings. The molecule has 0 amide bonds. The lowest BCUT2D eigenvalue weighted by Crippen LogP contribution is -2.41. The molecule has 4 rings (SSSR count). The quantitative estimate of drug-likeness (QED) is 0.288. The number of carbonyl (C=O) groups excluding carboxylic acids is 1. The van der Waals surface area contributed by atoms with E-state index in [0.29, 0.717) is 12.5 Å². The van der Waals surface area contributed by atoms with Gasteiger partial charge in [-0.2, -0.15) is 0 Å². The first kappa shape index (κ1) is 26.8. The smallest absolute Gasteiger partial charge is 0.302 e. The van der Waals surface area contributed by atoms with Gasteiger partial charge in [-0.25, -0.2) is 0 Å². The number of likely N-dealkylation sites (tertiary alicyclic amines) is 1. The SMILES string of the molecule is CCn1c(-c2cc(C3CN(C)C3)cnc2[C@H](C)OC)c(CC(C)(C)COC(C)=O)c2cc(Br)ccc21. The zero-order valence-electron chi connectivity index (χ0n) is 22.5. The number of halogens is 1. The third kappa shape index (κ3) is 5.38. The minimum absolute atomic E-state index is 0.143. The predicted molar refractivity (Wildman–Crippen MR) is 148 cm³/mol. The van der Waals surface area contributed by atoms with E-state index >= 15 is 0 Å². The van der Waals surface area contributed by atoms with E-state index in [4.69, 9.17) is 14.5 Å². The van der Waals surface area contributed by atoms with Gasteiger partial charge in [-0.05, 0) is 62.7 Å².